The molecule has 0 saturated heterocycles. The number of hydrogen-bond acceptors (Lipinski definition) is 8. The highest BCUT2D eigenvalue weighted by atomic mass is 32.2. The first kappa shape index (κ1) is 30.9. The zero-order valence-corrected chi connectivity index (χ0v) is 22.8. The van der Waals surface area contributed by atoms with Crippen molar-refractivity contribution in [3.8, 4) is 5.75 Å². The molecule has 0 spiro atoms. The van der Waals surface area contributed by atoms with Gasteiger partial charge in [-0.05, 0) is 35.8 Å². The van der Waals surface area contributed by atoms with Crippen LogP contribution < -0.4 is 4.74 Å². The topological polar surface area (TPSA) is 89.5 Å². The minimum atomic E-state index is -3.72. The second kappa shape index (κ2) is 14.4. The van der Waals surface area contributed by atoms with E-state index in [9.17, 15) is 17.2 Å². The molecule has 0 aromatic heterocycles. The van der Waals surface area contributed by atoms with Crippen LogP contribution in [0.5, 0.6) is 5.75 Å². The van der Waals surface area contributed by atoms with Gasteiger partial charge >= 0.3 is 0 Å². The summed E-state index contributed by atoms with van der Waals surface area (Å²) in [7, 11) is -5.46. The van der Waals surface area contributed by atoms with Crippen molar-refractivity contribution in [1.82, 2.24) is 0 Å². The van der Waals surface area contributed by atoms with Crippen molar-refractivity contribution in [2.45, 2.75) is 45.5 Å². The molecule has 1 aromatic rings. The molecular weight excluding hydrogens is 490 g/mol. The molecule has 0 amide bonds. The standard InChI is InChI=1S/C22H38F2O8SSi/c1-22(2,3)34(5,6)32-14-12-29-10-8-27-7-9-28-11-13-30-21-19(23)15-18(16-20(21)24)17-31-33(4,25)26/h15-16H,7-14,17H2,1-6H3. The van der Waals surface area contributed by atoms with Gasteiger partial charge in [-0.3, -0.25) is 4.18 Å². The number of ether oxygens (including phenoxy) is 4. The molecule has 0 atom stereocenters. The third kappa shape index (κ3) is 12.5. The van der Waals surface area contributed by atoms with Gasteiger partial charge in [0, 0.05) is 0 Å². The molecule has 1 aromatic carbocycles. The van der Waals surface area contributed by atoms with Crippen LogP contribution in [0.15, 0.2) is 12.1 Å². The summed E-state index contributed by atoms with van der Waals surface area (Å²) in [6.45, 7) is 13.2. The van der Waals surface area contributed by atoms with Crippen molar-refractivity contribution in [3.63, 3.8) is 0 Å². The van der Waals surface area contributed by atoms with E-state index in [4.69, 9.17) is 23.4 Å². The largest absolute Gasteiger partial charge is 0.485 e. The van der Waals surface area contributed by atoms with Gasteiger partial charge in [-0.2, -0.15) is 8.42 Å². The second-order valence-electron chi connectivity index (χ2n) is 9.15. The van der Waals surface area contributed by atoms with E-state index < -0.39 is 42.4 Å². The third-order valence-electron chi connectivity index (χ3n) is 5.21. The summed E-state index contributed by atoms with van der Waals surface area (Å²) < 4.78 is 81.8. The lowest BCUT2D eigenvalue weighted by Gasteiger charge is -2.36. The lowest BCUT2D eigenvalue weighted by Crippen LogP contribution is -2.41. The molecule has 0 aliphatic rings. The zero-order valence-electron chi connectivity index (χ0n) is 20.9. The predicted octanol–water partition coefficient (Wildman–Crippen LogP) is 3.89. The first-order chi connectivity index (χ1) is 15.7. The average molecular weight is 529 g/mol. The summed E-state index contributed by atoms with van der Waals surface area (Å²) in [5.41, 5.74) is 0.0354. The smallest absolute Gasteiger partial charge is 0.264 e. The Labute approximate surface area is 203 Å². The molecule has 0 aliphatic carbocycles. The van der Waals surface area contributed by atoms with Crippen LogP contribution in [0.1, 0.15) is 26.3 Å². The van der Waals surface area contributed by atoms with Crippen molar-refractivity contribution >= 4 is 18.4 Å². The fourth-order valence-corrected chi connectivity index (χ4v) is 3.70. The maximum atomic E-state index is 14.0. The van der Waals surface area contributed by atoms with Crippen LogP contribution in [0.2, 0.25) is 18.1 Å². The molecule has 0 bridgehead atoms. The molecule has 0 heterocycles. The average Bonchev–Trinajstić information content (AvgIpc) is 2.70. The molecule has 0 fully saturated rings. The Balaban J connectivity index is 2.09. The second-order valence-corrected chi connectivity index (χ2v) is 15.6. The maximum Gasteiger partial charge on any atom is 0.264 e. The monoisotopic (exact) mass is 528 g/mol. The van der Waals surface area contributed by atoms with Gasteiger partial charge in [0.05, 0.1) is 59.1 Å². The maximum absolute atomic E-state index is 14.0. The zero-order chi connectivity index (χ0) is 25.8. The van der Waals surface area contributed by atoms with Crippen molar-refractivity contribution in [3.05, 3.63) is 29.3 Å². The van der Waals surface area contributed by atoms with Crippen LogP contribution in [0.25, 0.3) is 0 Å². The van der Waals surface area contributed by atoms with Crippen LogP contribution in [-0.4, -0.2) is 75.8 Å². The highest BCUT2D eigenvalue weighted by Crippen LogP contribution is 2.36. The summed E-state index contributed by atoms with van der Waals surface area (Å²) in [5, 5.41) is 0.172. The van der Waals surface area contributed by atoms with Gasteiger partial charge in [-0.25, -0.2) is 8.78 Å². The highest BCUT2D eigenvalue weighted by Gasteiger charge is 2.36. The van der Waals surface area contributed by atoms with Crippen LogP contribution in [-0.2, 0) is 39.5 Å². The van der Waals surface area contributed by atoms with Crippen LogP contribution in [0.4, 0.5) is 8.78 Å². The van der Waals surface area contributed by atoms with Crippen LogP contribution in [0.3, 0.4) is 0 Å². The minimum absolute atomic E-state index is 0.0354. The Hall–Kier alpha value is -1.15. The fraction of sp³-hybridized carbons (Fsp3) is 0.727. The summed E-state index contributed by atoms with van der Waals surface area (Å²) in [5.74, 6) is -2.46. The van der Waals surface area contributed by atoms with Gasteiger partial charge in [0.25, 0.3) is 10.1 Å². The first-order valence-corrected chi connectivity index (χ1v) is 15.8. The molecule has 0 N–H and O–H groups in total. The van der Waals surface area contributed by atoms with Crippen molar-refractivity contribution in [2.24, 2.45) is 0 Å². The van der Waals surface area contributed by atoms with Gasteiger partial charge < -0.3 is 23.4 Å². The van der Waals surface area contributed by atoms with E-state index in [2.05, 4.69) is 38.0 Å². The number of hydrogen-bond donors (Lipinski definition) is 0. The molecule has 0 saturated carbocycles. The molecular formula is C22H38F2O8SSi. The Bertz CT molecular complexity index is 821. The Morgan fingerprint density at radius 1 is 0.824 bits per heavy atom. The SMILES string of the molecule is CC(C)(C)[Si](C)(C)OCCOCCOCCOCCOc1c(F)cc(COS(C)(=O)=O)cc1F. The van der Waals surface area contributed by atoms with Crippen LogP contribution in [0, 0.1) is 11.6 Å². The fourth-order valence-electron chi connectivity index (χ4n) is 2.33. The molecule has 12 heteroatoms. The van der Waals surface area contributed by atoms with E-state index in [0.29, 0.717) is 39.6 Å². The molecule has 34 heavy (non-hydrogen) atoms. The molecule has 0 radical (unpaired) electrons. The van der Waals surface area contributed by atoms with Gasteiger partial charge in [-0.15, -0.1) is 0 Å². The number of rotatable bonds is 17. The van der Waals surface area contributed by atoms with Crippen molar-refractivity contribution in [2.75, 3.05) is 59.1 Å². The van der Waals surface area contributed by atoms with E-state index in [1.807, 2.05) is 0 Å². The van der Waals surface area contributed by atoms with E-state index >= 15 is 0 Å². The Kier molecular flexibility index (Phi) is 13.1. The van der Waals surface area contributed by atoms with Gasteiger partial charge in [0.15, 0.2) is 25.7 Å². The quantitative estimate of drug-likeness (QED) is 0.171. The third-order valence-corrected chi connectivity index (χ3v) is 10.3. The lowest BCUT2D eigenvalue weighted by molar-refractivity contribution is 0.00398. The van der Waals surface area contributed by atoms with E-state index in [1.54, 1.807) is 0 Å². The lowest BCUT2D eigenvalue weighted by atomic mass is 10.2. The summed E-state index contributed by atoms with van der Waals surface area (Å²) >= 11 is 0. The Morgan fingerprint density at radius 3 is 1.71 bits per heavy atom. The molecule has 1 rings (SSSR count). The normalized spacial score (nSPS) is 12.8. The molecule has 8 nitrogen and oxygen atoms in total. The van der Waals surface area contributed by atoms with Crippen molar-refractivity contribution in [1.29, 1.82) is 0 Å². The van der Waals surface area contributed by atoms with Crippen molar-refractivity contribution < 1.29 is 44.8 Å². The summed E-state index contributed by atoms with van der Waals surface area (Å²) in [6, 6.07) is 1.92. The van der Waals surface area contributed by atoms with E-state index in [1.165, 1.54) is 0 Å². The minimum Gasteiger partial charge on any atom is -0.485 e. The van der Waals surface area contributed by atoms with Gasteiger partial charge in [0.1, 0.15) is 6.61 Å². The van der Waals surface area contributed by atoms with Gasteiger partial charge in [-0.1, -0.05) is 20.8 Å². The molecule has 198 valence electrons. The highest BCUT2D eigenvalue weighted by molar-refractivity contribution is 7.85. The van der Waals surface area contributed by atoms with Gasteiger partial charge in [0.2, 0.25) is 0 Å². The number of benzene rings is 1. The van der Waals surface area contributed by atoms with E-state index in [-0.39, 0.29) is 23.8 Å². The number of halogens is 2. The Morgan fingerprint density at radius 2 is 1.26 bits per heavy atom. The summed E-state index contributed by atoms with van der Waals surface area (Å²) in [4.78, 5) is 0. The summed E-state index contributed by atoms with van der Waals surface area (Å²) in [6.07, 6.45) is 0.850. The first-order valence-electron chi connectivity index (χ1n) is 11.1. The molecule has 0 aliphatic heterocycles. The van der Waals surface area contributed by atoms with E-state index in [0.717, 1.165) is 18.4 Å². The predicted molar refractivity (Wildman–Crippen MR) is 127 cm³/mol. The van der Waals surface area contributed by atoms with Crippen LogP contribution >= 0.6 is 0 Å². The molecule has 0 unspecified atom stereocenters.